The van der Waals surface area contributed by atoms with Crippen molar-refractivity contribution in [2.24, 2.45) is 0 Å². The van der Waals surface area contributed by atoms with E-state index in [1.54, 1.807) is 12.5 Å². The largest absolute Gasteiger partial charge is 0.469 e. The van der Waals surface area contributed by atoms with Gasteiger partial charge in [0, 0.05) is 13.1 Å². The van der Waals surface area contributed by atoms with E-state index in [2.05, 4.69) is 22.2 Å². The highest BCUT2D eigenvalue weighted by Gasteiger charge is 2.34. The highest BCUT2D eigenvalue weighted by molar-refractivity contribution is 5.06. The maximum Gasteiger partial charge on any atom is 0.211 e. The number of aromatic amines is 1. The van der Waals surface area contributed by atoms with Crippen molar-refractivity contribution in [2.75, 3.05) is 13.1 Å². The summed E-state index contributed by atoms with van der Waals surface area (Å²) in [5.74, 6) is 0.744. The molecule has 0 aromatic carbocycles. The van der Waals surface area contributed by atoms with Gasteiger partial charge in [-0.1, -0.05) is 0 Å². The second kappa shape index (κ2) is 2.23. The van der Waals surface area contributed by atoms with Gasteiger partial charge >= 0.3 is 0 Å². The van der Waals surface area contributed by atoms with Crippen LogP contribution in [0.3, 0.4) is 0 Å². The van der Waals surface area contributed by atoms with Crippen LogP contribution in [-0.4, -0.2) is 28.7 Å². The van der Waals surface area contributed by atoms with Gasteiger partial charge in [0.25, 0.3) is 0 Å². The number of H-pyrrole nitrogens is 1. The van der Waals surface area contributed by atoms with Crippen LogP contribution in [0, 0.1) is 0 Å². The van der Waals surface area contributed by atoms with E-state index in [-0.39, 0.29) is 5.60 Å². The Morgan fingerprint density at radius 3 is 2.91 bits per heavy atom. The van der Waals surface area contributed by atoms with Crippen LogP contribution < -0.4 is 10.1 Å². The fourth-order valence-electron chi connectivity index (χ4n) is 1.11. The molecule has 1 saturated heterocycles. The fraction of sp³-hybridized carbons (Fsp3) is 0.571. The summed E-state index contributed by atoms with van der Waals surface area (Å²) < 4.78 is 5.60. The van der Waals surface area contributed by atoms with Crippen molar-refractivity contribution in [3.05, 3.63) is 12.5 Å². The molecule has 0 aliphatic carbocycles. The minimum Gasteiger partial charge on any atom is -0.469 e. The second-order valence-electron chi connectivity index (χ2n) is 3.07. The molecule has 1 aromatic heterocycles. The molecule has 11 heavy (non-hydrogen) atoms. The van der Waals surface area contributed by atoms with Gasteiger partial charge in [0.2, 0.25) is 5.88 Å². The molecule has 2 heterocycles. The molecule has 4 heteroatoms. The second-order valence-corrected chi connectivity index (χ2v) is 3.07. The Bertz CT molecular complexity index is 228. The summed E-state index contributed by atoms with van der Waals surface area (Å²) in [6.07, 6.45) is 3.30. The van der Waals surface area contributed by atoms with Crippen LogP contribution in [0.2, 0.25) is 0 Å². The molecule has 1 aliphatic heterocycles. The Morgan fingerprint density at radius 1 is 1.64 bits per heavy atom. The van der Waals surface area contributed by atoms with Crippen molar-refractivity contribution in [1.82, 2.24) is 15.3 Å². The van der Waals surface area contributed by atoms with E-state index in [4.69, 9.17) is 4.74 Å². The number of nitrogens with one attached hydrogen (secondary N) is 2. The minimum atomic E-state index is -0.0352. The third-order valence-electron chi connectivity index (χ3n) is 1.83. The number of aromatic nitrogens is 2. The lowest BCUT2D eigenvalue weighted by Gasteiger charge is -2.38. The summed E-state index contributed by atoms with van der Waals surface area (Å²) in [7, 11) is 0. The predicted molar refractivity (Wildman–Crippen MR) is 40.5 cm³/mol. The minimum absolute atomic E-state index is 0.0352. The van der Waals surface area contributed by atoms with E-state index >= 15 is 0 Å². The first-order valence-electron chi connectivity index (χ1n) is 3.67. The predicted octanol–water partition coefficient (Wildman–Crippen LogP) is 0.150. The van der Waals surface area contributed by atoms with Gasteiger partial charge in [0.15, 0.2) is 0 Å². The molecule has 0 spiro atoms. The molecule has 0 amide bonds. The van der Waals surface area contributed by atoms with Gasteiger partial charge in [-0.05, 0) is 6.92 Å². The first-order chi connectivity index (χ1) is 5.29. The summed E-state index contributed by atoms with van der Waals surface area (Å²) in [6, 6.07) is 0. The molecular weight excluding hydrogens is 142 g/mol. The van der Waals surface area contributed by atoms with E-state index in [0.29, 0.717) is 0 Å². The van der Waals surface area contributed by atoms with E-state index in [9.17, 15) is 0 Å². The number of hydrogen-bond donors (Lipinski definition) is 2. The molecule has 1 fully saturated rings. The zero-order chi connectivity index (χ0) is 7.73. The van der Waals surface area contributed by atoms with E-state index in [0.717, 1.165) is 19.0 Å². The number of hydrogen-bond acceptors (Lipinski definition) is 3. The van der Waals surface area contributed by atoms with E-state index in [1.807, 2.05) is 0 Å². The Morgan fingerprint density at radius 2 is 2.45 bits per heavy atom. The van der Waals surface area contributed by atoms with Gasteiger partial charge in [0.05, 0.1) is 12.5 Å². The normalized spacial score (nSPS) is 20.8. The molecule has 0 saturated carbocycles. The van der Waals surface area contributed by atoms with Crippen molar-refractivity contribution in [3.63, 3.8) is 0 Å². The fourth-order valence-corrected chi connectivity index (χ4v) is 1.11. The van der Waals surface area contributed by atoms with Gasteiger partial charge in [-0.3, -0.25) is 0 Å². The van der Waals surface area contributed by atoms with Crippen molar-refractivity contribution in [3.8, 4) is 5.88 Å². The zero-order valence-corrected chi connectivity index (χ0v) is 6.42. The third-order valence-corrected chi connectivity index (χ3v) is 1.83. The summed E-state index contributed by atoms with van der Waals surface area (Å²) in [5, 5.41) is 3.15. The molecule has 4 nitrogen and oxygen atoms in total. The van der Waals surface area contributed by atoms with Gasteiger partial charge in [-0.2, -0.15) is 0 Å². The van der Waals surface area contributed by atoms with Crippen LogP contribution in [-0.2, 0) is 0 Å². The standard InChI is InChI=1S/C7H11N3O/c1-7(3-9-4-7)11-6-2-8-5-10-6/h2,5,9H,3-4H2,1H3,(H,8,10). The molecule has 2 rings (SSSR count). The van der Waals surface area contributed by atoms with Crippen molar-refractivity contribution in [1.29, 1.82) is 0 Å². The summed E-state index contributed by atoms with van der Waals surface area (Å²) >= 11 is 0. The molecule has 0 bridgehead atoms. The summed E-state index contributed by atoms with van der Waals surface area (Å²) in [6.45, 7) is 3.89. The van der Waals surface area contributed by atoms with Gasteiger partial charge < -0.3 is 15.0 Å². The van der Waals surface area contributed by atoms with Crippen molar-refractivity contribution in [2.45, 2.75) is 12.5 Å². The topological polar surface area (TPSA) is 49.9 Å². The number of imidazole rings is 1. The Hall–Kier alpha value is -1.03. The zero-order valence-electron chi connectivity index (χ0n) is 6.42. The van der Waals surface area contributed by atoms with E-state index < -0.39 is 0 Å². The molecule has 1 aromatic rings. The third kappa shape index (κ3) is 1.21. The van der Waals surface area contributed by atoms with Crippen LogP contribution >= 0.6 is 0 Å². The first-order valence-corrected chi connectivity index (χ1v) is 3.67. The molecular formula is C7H11N3O. The Labute approximate surface area is 65.0 Å². The molecule has 0 atom stereocenters. The van der Waals surface area contributed by atoms with Gasteiger partial charge in [-0.25, -0.2) is 4.98 Å². The van der Waals surface area contributed by atoms with Crippen LogP contribution in [0.15, 0.2) is 12.5 Å². The first kappa shape index (κ1) is 6.67. The number of rotatable bonds is 2. The molecule has 1 aliphatic rings. The van der Waals surface area contributed by atoms with Crippen LogP contribution in [0.4, 0.5) is 0 Å². The van der Waals surface area contributed by atoms with Crippen LogP contribution in [0.1, 0.15) is 6.92 Å². The Balaban J connectivity index is 2.00. The maximum absolute atomic E-state index is 5.60. The molecule has 0 radical (unpaired) electrons. The van der Waals surface area contributed by atoms with E-state index in [1.165, 1.54) is 0 Å². The van der Waals surface area contributed by atoms with Gasteiger partial charge in [-0.15, -0.1) is 0 Å². The molecule has 60 valence electrons. The average Bonchev–Trinajstić information content (AvgIpc) is 2.36. The quantitative estimate of drug-likeness (QED) is 0.636. The SMILES string of the molecule is CC1(Oc2cnc[nH]2)CNC1. The lowest BCUT2D eigenvalue weighted by atomic mass is 10.0. The van der Waals surface area contributed by atoms with Crippen molar-refractivity contribution < 1.29 is 4.74 Å². The number of ether oxygens (including phenoxy) is 1. The molecule has 0 unspecified atom stereocenters. The summed E-state index contributed by atoms with van der Waals surface area (Å²) in [5.41, 5.74) is -0.0352. The smallest absolute Gasteiger partial charge is 0.211 e. The maximum atomic E-state index is 5.60. The highest BCUT2D eigenvalue weighted by Crippen LogP contribution is 2.18. The number of nitrogens with zero attached hydrogens (tertiary/aromatic N) is 1. The average molecular weight is 153 g/mol. The van der Waals surface area contributed by atoms with Crippen LogP contribution in [0.5, 0.6) is 5.88 Å². The summed E-state index contributed by atoms with van der Waals surface area (Å²) in [4.78, 5) is 6.76. The Kier molecular flexibility index (Phi) is 1.35. The monoisotopic (exact) mass is 153 g/mol. The van der Waals surface area contributed by atoms with Gasteiger partial charge in [0.1, 0.15) is 5.60 Å². The lowest BCUT2D eigenvalue weighted by molar-refractivity contribution is 0.0309. The molecule has 2 N–H and O–H groups in total. The van der Waals surface area contributed by atoms with Crippen LogP contribution in [0.25, 0.3) is 0 Å². The highest BCUT2D eigenvalue weighted by atomic mass is 16.5. The van der Waals surface area contributed by atoms with Crippen molar-refractivity contribution >= 4 is 0 Å². The lowest BCUT2D eigenvalue weighted by Crippen LogP contribution is -2.61.